The highest BCUT2D eigenvalue weighted by Gasteiger charge is 2.06. The van der Waals surface area contributed by atoms with Crippen molar-refractivity contribution in [3.8, 4) is 5.75 Å². The molecule has 1 rings (SSSR count). The van der Waals surface area contributed by atoms with Gasteiger partial charge in [-0.15, -0.1) is 0 Å². The Hall–Kier alpha value is -0.540. The molecule has 0 radical (unpaired) electrons. The Kier molecular flexibility index (Phi) is 6.50. The van der Waals surface area contributed by atoms with Crippen molar-refractivity contribution in [2.24, 2.45) is 0 Å². The minimum Gasteiger partial charge on any atom is -0.494 e. The Labute approximate surface area is 107 Å². The Bertz CT molecular complexity index is 279. The van der Waals surface area contributed by atoms with Gasteiger partial charge in [0.15, 0.2) is 0 Å². The molecule has 0 amide bonds. The van der Waals surface area contributed by atoms with E-state index in [1.165, 1.54) is 0 Å². The summed E-state index contributed by atoms with van der Waals surface area (Å²) in [5, 5.41) is 1.02. The molecule has 0 heterocycles. The van der Waals surface area contributed by atoms with Crippen LogP contribution in [-0.4, -0.2) is 36.5 Å². The van der Waals surface area contributed by atoms with Gasteiger partial charge in [0.05, 0.1) is 6.61 Å². The van der Waals surface area contributed by atoms with E-state index in [0.717, 1.165) is 30.7 Å². The molecule has 0 aromatic heterocycles. The number of alkyl halides is 1. The maximum atomic E-state index is 5.63. The van der Waals surface area contributed by atoms with Crippen LogP contribution in [0.4, 0.5) is 0 Å². The van der Waals surface area contributed by atoms with Crippen LogP contribution < -0.4 is 4.74 Å². The van der Waals surface area contributed by atoms with E-state index in [0.29, 0.717) is 6.04 Å². The highest BCUT2D eigenvalue weighted by Crippen LogP contribution is 2.08. The standard InChI is InChI=1S/C13H20BrNO/c1-12(11-14)15(2)9-6-10-16-13-7-4-3-5-8-13/h3-5,7-8,12H,6,9-11H2,1-2H3. The van der Waals surface area contributed by atoms with Gasteiger partial charge in [-0.3, -0.25) is 0 Å². The Morgan fingerprint density at radius 1 is 1.31 bits per heavy atom. The highest BCUT2D eigenvalue weighted by molar-refractivity contribution is 9.09. The molecule has 1 atom stereocenters. The van der Waals surface area contributed by atoms with Crippen molar-refractivity contribution in [2.45, 2.75) is 19.4 Å². The van der Waals surface area contributed by atoms with E-state index in [-0.39, 0.29) is 0 Å². The summed E-state index contributed by atoms with van der Waals surface area (Å²) in [7, 11) is 2.15. The summed E-state index contributed by atoms with van der Waals surface area (Å²) in [4.78, 5) is 2.34. The van der Waals surface area contributed by atoms with E-state index in [9.17, 15) is 0 Å². The van der Waals surface area contributed by atoms with Crippen LogP contribution in [0.15, 0.2) is 30.3 Å². The van der Waals surface area contributed by atoms with E-state index < -0.39 is 0 Å². The average molecular weight is 286 g/mol. The molecule has 90 valence electrons. The van der Waals surface area contributed by atoms with Crippen molar-refractivity contribution in [1.82, 2.24) is 4.90 Å². The summed E-state index contributed by atoms with van der Waals surface area (Å²) in [5.74, 6) is 0.957. The third-order valence-electron chi connectivity index (χ3n) is 2.64. The van der Waals surface area contributed by atoms with Crippen LogP contribution in [0.25, 0.3) is 0 Å². The molecule has 16 heavy (non-hydrogen) atoms. The van der Waals surface area contributed by atoms with Crippen molar-refractivity contribution >= 4 is 15.9 Å². The van der Waals surface area contributed by atoms with Gasteiger partial charge in [-0.2, -0.15) is 0 Å². The first-order valence-electron chi connectivity index (χ1n) is 5.68. The second-order valence-corrected chi connectivity index (χ2v) is 4.65. The lowest BCUT2D eigenvalue weighted by atomic mass is 10.3. The molecule has 1 aromatic rings. The van der Waals surface area contributed by atoms with Gasteiger partial charge in [0.2, 0.25) is 0 Å². The van der Waals surface area contributed by atoms with Gasteiger partial charge in [0, 0.05) is 17.9 Å². The number of nitrogens with zero attached hydrogens (tertiary/aromatic N) is 1. The Morgan fingerprint density at radius 2 is 2.00 bits per heavy atom. The second kappa shape index (κ2) is 7.69. The summed E-state index contributed by atoms with van der Waals surface area (Å²) < 4.78 is 5.63. The van der Waals surface area contributed by atoms with Crippen LogP contribution in [0.2, 0.25) is 0 Å². The summed E-state index contributed by atoms with van der Waals surface area (Å²) in [6, 6.07) is 10.5. The Morgan fingerprint density at radius 3 is 2.62 bits per heavy atom. The maximum absolute atomic E-state index is 5.63. The van der Waals surface area contributed by atoms with Crippen molar-refractivity contribution in [3.05, 3.63) is 30.3 Å². The first-order valence-corrected chi connectivity index (χ1v) is 6.80. The van der Waals surface area contributed by atoms with E-state index in [2.05, 4.69) is 34.8 Å². The molecule has 0 spiro atoms. The normalized spacial score (nSPS) is 12.8. The minimum absolute atomic E-state index is 0.580. The molecule has 0 saturated carbocycles. The van der Waals surface area contributed by atoms with Gasteiger partial charge in [0.1, 0.15) is 5.75 Å². The fourth-order valence-corrected chi connectivity index (χ4v) is 1.85. The molecule has 0 aliphatic carbocycles. The fourth-order valence-electron chi connectivity index (χ4n) is 1.36. The van der Waals surface area contributed by atoms with Crippen LogP contribution in [0.5, 0.6) is 5.75 Å². The molecular weight excluding hydrogens is 266 g/mol. The first kappa shape index (κ1) is 13.5. The first-order chi connectivity index (χ1) is 7.74. The molecule has 0 saturated heterocycles. The summed E-state index contributed by atoms with van der Waals surface area (Å²) in [6.45, 7) is 4.07. The van der Waals surface area contributed by atoms with Crippen LogP contribution in [0, 0.1) is 0 Å². The fraction of sp³-hybridized carbons (Fsp3) is 0.538. The number of para-hydroxylation sites is 1. The van der Waals surface area contributed by atoms with Gasteiger partial charge in [-0.1, -0.05) is 34.1 Å². The van der Waals surface area contributed by atoms with E-state index >= 15 is 0 Å². The van der Waals surface area contributed by atoms with Gasteiger partial charge in [-0.25, -0.2) is 0 Å². The topological polar surface area (TPSA) is 12.5 Å². The molecule has 0 aliphatic rings. The molecule has 3 heteroatoms. The lowest BCUT2D eigenvalue weighted by Gasteiger charge is -2.22. The van der Waals surface area contributed by atoms with Gasteiger partial charge in [-0.05, 0) is 32.5 Å². The second-order valence-electron chi connectivity index (χ2n) is 4.00. The summed E-state index contributed by atoms with van der Waals surface area (Å²) >= 11 is 3.49. The van der Waals surface area contributed by atoms with Gasteiger partial charge in [0.25, 0.3) is 0 Å². The van der Waals surface area contributed by atoms with Crippen LogP contribution in [-0.2, 0) is 0 Å². The minimum atomic E-state index is 0.580. The average Bonchev–Trinajstić information content (AvgIpc) is 2.34. The monoisotopic (exact) mass is 285 g/mol. The molecule has 0 aliphatic heterocycles. The van der Waals surface area contributed by atoms with Gasteiger partial charge < -0.3 is 9.64 Å². The molecule has 0 fully saturated rings. The number of hydrogen-bond donors (Lipinski definition) is 0. The summed E-state index contributed by atoms with van der Waals surface area (Å²) in [5.41, 5.74) is 0. The van der Waals surface area contributed by atoms with Crippen LogP contribution >= 0.6 is 15.9 Å². The predicted molar refractivity (Wildman–Crippen MR) is 72.4 cm³/mol. The SMILES string of the molecule is CC(CBr)N(C)CCCOc1ccccc1. The number of halogens is 1. The zero-order valence-corrected chi connectivity index (χ0v) is 11.6. The summed E-state index contributed by atoms with van der Waals surface area (Å²) in [6.07, 6.45) is 1.06. The number of benzene rings is 1. The largest absolute Gasteiger partial charge is 0.494 e. The quantitative estimate of drug-likeness (QED) is 0.564. The van der Waals surface area contributed by atoms with E-state index in [4.69, 9.17) is 4.74 Å². The zero-order chi connectivity index (χ0) is 11.8. The number of hydrogen-bond acceptors (Lipinski definition) is 2. The van der Waals surface area contributed by atoms with Crippen molar-refractivity contribution in [3.63, 3.8) is 0 Å². The van der Waals surface area contributed by atoms with E-state index in [1.54, 1.807) is 0 Å². The molecule has 1 aromatic carbocycles. The molecule has 0 bridgehead atoms. The zero-order valence-electron chi connectivity index (χ0n) is 10.0. The lowest BCUT2D eigenvalue weighted by Crippen LogP contribution is -2.31. The van der Waals surface area contributed by atoms with E-state index in [1.807, 2.05) is 30.3 Å². The number of ether oxygens (including phenoxy) is 1. The lowest BCUT2D eigenvalue weighted by molar-refractivity contribution is 0.236. The third-order valence-corrected chi connectivity index (χ3v) is 3.58. The van der Waals surface area contributed by atoms with Crippen molar-refractivity contribution in [1.29, 1.82) is 0 Å². The number of rotatable bonds is 7. The smallest absolute Gasteiger partial charge is 0.119 e. The van der Waals surface area contributed by atoms with Crippen molar-refractivity contribution < 1.29 is 4.74 Å². The molecular formula is C13H20BrNO. The van der Waals surface area contributed by atoms with Crippen LogP contribution in [0.3, 0.4) is 0 Å². The van der Waals surface area contributed by atoms with Crippen molar-refractivity contribution in [2.75, 3.05) is 25.5 Å². The molecule has 2 nitrogen and oxygen atoms in total. The predicted octanol–water partition coefficient (Wildman–Crippen LogP) is 3.17. The third kappa shape index (κ3) is 4.99. The van der Waals surface area contributed by atoms with Crippen LogP contribution in [0.1, 0.15) is 13.3 Å². The molecule has 0 N–H and O–H groups in total. The van der Waals surface area contributed by atoms with Gasteiger partial charge >= 0.3 is 0 Å². The Balaban J connectivity index is 2.13. The maximum Gasteiger partial charge on any atom is 0.119 e. The highest BCUT2D eigenvalue weighted by atomic mass is 79.9. The molecule has 1 unspecified atom stereocenters.